The molecule has 2 heterocycles. The number of benzene rings is 1. The van der Waals surface area contributed by atoms with Gasteiger partial charge in [0.15, 0.2) is 9.84 Å². The van der Waals surface area contributed by atoms with Gasteiger partial charge < -0.3 is 4.90 Å². The number of hydrogen-bond donors (Lipinski definition) is 0. The van der Waals surface area contributed by atoms with Crippen molar-refractivity contribution in [2.24, 2.45) is 0 Å². The first-order valence-corrected chi connectivity index (χ1v) is 10.2. The fourth-order valence-electron chi connectivity index (χ4n) is 3.24. The first kappa shape index (κ1) is 15.9. The summed E-state index contributed by atoms with van der Waals surface area (Å²) in [5.74, 6) is 0.194. The van der Waals surface area contributed by atoms with E-state index in [1.165, 1.54) is 4.90 Å². The smallest absolute Gasteiger partial charge is 0.227 e. The normalized spacial score (nSPS) is 25.9. The Labute approximate surface area is 136 Å². The molecule has 2 saturated heterocycles. The summed E-state index contributed by atoms with van der Waals surface area (Å²) in [5, 5.41) is 0.209. The molecule has 0 N–H and O–H groups in total. The van der Waals surface area contributed by atoms with Gasteiger partial charge in [-0.05, 0) is 24.1 Å². The van der Waals surface area contributed by atoms with Gasteiger partial charge in [0.2, 0.25) is 5.91 Å². The fraction of sp³-hybridized carbons (Fsp3) is 0.562. The monoisotopic (exact) mass is 339 g/mol. The van der Waals surface area contributed by atoms with E-state index >= 15 is 0 Å². The van der Waals surface area contributed by atoms with E-state index in [4.69, 9.17) is 0 Å². The van der Waals surface area contributed by atoms with E-state index in [0.717, 1.165) is 5.56 Å². The van der Waals surface area contributed by atoms with Crippen LogP contribution in [0.25, 0.3) is 0 Å². The Bertz CT molecular complexity index is 667. The average molecular weight is 339 g/mol. The fourth-order valence-corrected chi connectivity index (χ4v) is 6.10. The number of carbonyl (C=O) groups is 1. The van der Waals surface area contributed by atoms with Gasteiger partial charge in [0.05, 0.1) is 17.4 Å². The maximum atomic E-state index is 12.4. The van der Waals surface area contributed by atoms with Crippen molar-refractivity contribution < 1.29 is 13.2 Å². The van der Waals surface area contributed by atoms with E-state index in [9.17, 15) is 13.2 Å². The average Bonchev–Trinajstić information content (AvgIpc) is 2.96. The minimum atomic E-state index is -2.94. The summed E-state index contributed by atoms with van der Waals surface area (Å²) in [6.45, 7) is 4.68. The van der Waals surface area contributed by atoms with Gasteiger partial charge in [-0.15, -0.1) is 11.8 Å². The predicted octanol–water partition coefficient (Wildman–Crippen LogP) is 2.13. The molecule has 0 radical (unpaired) electrons. The SMILES string of the molecule is CC(C)Sc1ccc(CC(=O)N2CC3CC2CS3(=O)=O)cc1. The summed E-state index contributed by atoms with van der Waals surface area (Å²) < 4.78 is 23.5. The summed E-state index contributed by atoms with van der Waals surface area (Å²) >= 11 is 1.80. The second-order valence-electron chi connectivity index (χ2n) is 6.37. The molecular formula is C16H21NO3S2. The lowest BCUT2D eigenvalue weighted by molar-refractivity contribution is -0.131. The Kier molecular flexibility index (Phi) is 4.25. The minimum absolute atomic E-state index is 0.0478. The van der Waals surface area contributed by atoms with E-state index in [2.05, 4.69) is 13.8 Å². The highest BCUT2D eigenvalue weighted by Crippen LogP contribution is 2.33. The molecule has 2 unspecified atom stereocenters. The summed E-state index contributed by atoms with van der Waals surface area (Å²) in [6, 6.07) is 7.99. The molecule has 120 valence electrons. The van der Waals surface area contributed by atoms with Gasteiger partial charge in [0, 0.05) is 22.7 Å². The largest absolute Gasteiger partial charge is 0.337 e. The molecular weight excluding hydrogens is 318 g/mol. The number of carbonyl (C=O) groups excluding carboxylic acids is 1. The first-order valence-electron chi connectivity index (χ1n) is 7.62. The van der Waals surface area contributed by atoms with Gasteiger partial charge in [0.1, 0.15) is 0 Å². The van der Waals surface area contributed by atoms with Crippen LogP contribution in [-0.4, -0.2) is 48.1 Å². The number of nitrogens with zero attached hydrogens (tertiary/aromatic N) is 1. The molecule has 2 bridgehead atoms. The van der Waals surface area contributed by atoms with E-state index in [0.29, 0.717) is 24.6 Å². The van der Waals surface area contributed by atoms with Crippen molar-refractivity contribution in [2.45, 2.75) is 48.1 Å². The van der Waals surface area contributed by atoms with Gasteiger partial charge in [-0.2, -0.15) is 0 Å². The van der Waals surface area contributed by atoms with Gasteiger partial charge in [-0.3, -0.25) is 4.79 Å². The highest BCUT2D eigenvalue weighted by molar-refractivity contribution is 7.99. The van der Waals surface area contributed by atoms with Gasteiger partial charge in [-0.25, -0.2) is 8.42 Å². The van der Waals surface area contributed by atoms with Crippen molar-refractivity contribution >= 4 is 27.5 Å². The zero-order valence-corrected chi connectivity index (χ0v) is 14.5. The van der Waals surface area contributed by atoms with Gasteiger partial charge in [-0.1, -0.05) is 26.0 Å². The van der Waals surface area contributed by atoms with Gasteiger partial charge >= 0.3 is 0 Å². The van der Waals surface area contributed by atoms with Crippen LogP contribution < -0.4 is 0 Å². The Morgan fingerprint density at radius 1 is 1.32 bits per heavy atom. The topological polar surface area (TPSA) is 54.5 Å². The summed E-state index contributed by atoms with van der Waals surface area (Å²) in [4.78, 5) is 15.4. The highest BCUT2D eigenvalue weighted by atomic mass is 32.2. The lowest BCUT2D eigenvalue weighted by atomic mass is 10.1. The number of rotatable bonds is 4. The molecule has 2 aliphatic heterocycles. The third-order valence-electron chi connectivity index (χ3n) is 4.28. The molecule has 4 nitrogen and oxygen atoms in total. The van der Waals surface area contributed by atoms with Crippen LogP contribution in [0.5, 0.6) is 0 Å². The van der Waals surface area contributed by atoms with Crippen LogP contribution in [0.1, 0.15) is 25.8 Å². The molecule has 0 spiro atoms. The quantitative estimate of drug-likeness (QED) is 0.789. The van der Waals surface area contributed by atoms with Crippen LogP contribution in [0.2, 0.25) is 0 Å². The third kappa shape index (κ3) is 3.18. The Hall–Kier alpha value is -1.01. The Balaban J connectivity index is 1.61. The molecule has 1 amide bonds. The molecule has 22 heavy (non-hydrogen) atoms. The highest BCUT2D eigenvalue weighted by Gasteiger charge is 2.49. The zero-order chi connectivity index (χ0) is 15.9. The van der Waals surface area contributed by atoms with E-state index in [-0.39, 0.29) is 23.0 Å². The van der Waals surface area contributed by atoms with Crippen LogP contribution in [0.4, 0.5) is 0 Å². The van der Waals surface area contributed by atoms with Crippen molar-refractivity contribution in [1.29, 1.82) is 0 Å². The van der Waals surface area contributed by atoms with E-state index < -0.39 is 9.84 Å². The molecule has 0 saturated carbocycles. The van der Waals surface area contributed by atoms with Crippen LogP contribution in [0.3, 0.4) is 0 Å². The van der Waals surface area contributed by atoms with Crippen molar-refractivity contribution in [2.75, 3.05) is 12.3 Å². The number of hydrogen-bond acceptors (Lipinski definition) is 4. The molecule has 6 heteroatoms. The minimum Gasteiger partial charge on any atom is -0.337 e. The zero-order valence-electron chi connectivity index (χ0n) is 12.9. The number of sulfone groups is 1. The Morgan fingerprint density at radius 2 is 2.00 bits per heavy atom. The van der Waals surface area contributed by atoms with Crippen LogP contribution >= 0.6 is 11.8 Å². The predicted molar refractivity (Wildman–Crippen MR) is 88.8 cm³/mol. The summed E-state index contributed by atoms with van der Waals surface area (Å²) in [7, 11) is -2.94. The lowest BCUT2D eigenvalue weighted by Gasteiger charge is -2.27. The maximum Gasteiger partial charge on any atom is 0.227 e. The number of fused-ring (bicyclic) bond motifs is 2. The van der Waals surface area contributed by atoms with Crippen molar-refractivity contribution in [3.05, 3.63) is 29.8 Å². The maximum absolute atomic E-state index is 12.4. The number of thioether (sulfide) groups is 1. The molecule has 2 atom stereocenters. The molecule has 3 rings (SSSR count). The molecule has 0 aromatic heterocycles. The summed E-state index contributed by atoms with van der Waals surface area (Å²) in [5.41, 5.74) is 0.990. The van der Waals surface area contributed by atoms with Crippen LogP contribution in [-0.2, 0) is 21.1 Å². The number of likely N-dealkylation sites (tertiary alicyclic amines) is 1. The van der Waals surface area contributed by atoms with Crippen LogP contribution in [0, 0.1) is 0 Å². The molecule has 1 aromatic rings. The molecule has 1 aromatic carbocycles. The second-order valence-corrected chi connectivity index (χ2v) is 10.4. The van der Waals surface area contributed by atoms with Crippen molar-refractivity contribution in [3.63, 3.8) is 0 Å². The second kappa shape index (κ2) is 5.89. The summed E-state index contributed by atoms with van der Waals surface area (Å²) in [6.07, 6.45) is 0.980. The standard InChI is InChI=1S/C16H21NO3S2/c1-11(2)21-14-5-3-12(4-6-14)7-16(18)17-9-15-8-13(17)10-22(15,19)20/h3-6,11,13,15H,7-10H2,1-2H3. The molecule has 2 fully saturated rings. The van der Waals surface area contributed by atoms with E-state index in [1.54, 1.807) is 16.7 Å². The van der Waals surface area contributed by atoms with Gasteiger partial charge in [0.25, 0.3) is 0 Å². The first-order chi connectivity index (χ1) is 10.3. The van der Waals surface area contributed by atoms with Crippen LogP contribution in [0.15, 0.2) is 29.2 Å². The third-order valence-corrected chi connectivity index (χ3v) is 7.50. The van der Waals surface area contributed by atoms with Crippen molar-refractivity contribution in [3.8, 4) is 0 Å². The molecule has 0 aliphatic carbocycles. The van der Waals surface area contributed by atoms with Crippen molar-refractivity contribution in [1.82, 2.24) is 4.90 Å². The Morgan fingerprint density at radius 3 is 2.50 bits per heavy atom. The molecule has 2 aliphatic rings. The lowest BCUT2D eigenvalue weighted by Crippen LogP contribution is -2.44. The number of amides is 1. The van der Waals surface area contributed by atoms with E-state index in [1.807, 2.05) is 24.3 Å².